The Hall–Kier alpha value is -2.83. The Balaban J connectivity index is 0. The van der Waals surface area contributed by atoms with Crippen molar-refractivity contribution < 1.29 is 9.53 Å². The summed E-state index contributed by atoms with van der Waals surface area (Å²) in [5.41, 5.74) is 2.69. The van der Waals surface area contributed by atoms with Crippen LogP contribution in [0.15, 0.2) is 90.1 Å². The minimum atomic E-state index is -0.166. The summed E-state index contributed by atoms with van der Waals surface area (Å²) in [5, 5.41) is 5.78. The van der Waals surface area contributed by atoms with Gasteiger partial charge in [0.1, 0.15) is 5.75 Å². The highest BCUT2D eigenvalue weighted by Gasteiger charge is 2.00. The van der Waals surface area contributed by atoms with Crippen LogP contribution in [0.4, 0.5) is 5.69 Å². The minimum Gasteiger partial charge on any atom is -0.497 e. The van der Waals surface area contributed by atoms with Crippen molar-refractivity contribution in [2.75, 3.05) is 26.0 Å². The van der Waals surface area contributed by atoms with E-state index in [4.69, 9.17) is 4.74 Å². The minimum absolute atomic E-state index is 0.166. The fourth-order valence-electron chi connectivity index (χ4n) is 2.09. The molecule has 0 bridgehead atoms. The standard InChI is InChI=1S/C9H10N2O.C9H17N.C7H8OS.C2H6/c1-7(2)9(12)11-8-3-5-10-6-4-8;1-4-6-9(5-2)7-8-10-3;1-8-6-2-4-7(9)5-3-6;1-2/h3-6H,1H2,2H3,(H,10,11,12);4-5,10H,1,6-8H2,2-3H3;2-5,9H,1H3;1-2H3/b;9-5+;;. The lowest BCUT2D eigenvalue weighted by molar-refractivity contribution is -0.112. The molecule has 2 N–H and O–H groups in total. The zero-order chi connectivity index (χ0) is 25.5. The normalized spacial score (nSPS) is 9.48. The first-order valence-electron chi connectivity index (χ1n) is 11.0. The highest BCUT2D eigenvalue weighted by molar-refractivity contribution is 7.80. The van der Waals surface area contributed by atoms with E-state index >= 15 is 0 Å². The summed E-state index contributed by atoms with van der Waals surface area (Å²) in [7, 11) is 3.62. The van der Waals surface area contributed by atoms with Gasteiger partial charge >= 0.3 is 0 Å². The monoisotopic (exact) mass is 471 g/mol. The molecule has 6 heteroatoms. The second-order valence-corrected chi connectivity index (χ2v) is 6.98. The van der Waals surface area contributed by atoms with E-state index < -0.39 is 0 Å². The molecule has 182 valence electrons. The van der Waals surface area contributed by atoms with Crippen molar-refractivity contribution in [3.8, 4) is 5.75 Å². The van der Waals surface area contributed by atoms with E-state index in [-0.39, 0.29) is 5.91 Å². The lowest BCUT2D eigenvalue weighted by Crippen LogP contribution is -2.11. The maximum absolute atomic E-state index is 11.1. The highest BCUT2D eigenvalue weighted by Crippen LogP contribution is 2.12. The molecule has 33 heavy (non-hydrogen) atoms. The second kappa shape index (κ2) is 22.4. The van der Waals surface area contributed by atoms with Gasteiger partial charge in [0.15, 0.2) is 0 Å². The topological polar surface area (TPSA) is 63.2 Å². The molecule has 0 aliphatic heterocycles. The summed E-state index contributed by atoms with van der Waals surface area (Å²) < 4.78 is 4.94. The van der Waals surface area contributed by atoms with Crippen molar-refractivity contribution in [1.29, 1.82) is 0 Å². The van der Waals surface area contributed by atoms with Gasteiger partial charge in [-0.05, 0) is 76.7 Å². The Bertz CT molecular complexity index is 804. The maximum Gasteiger partial charge on any atom is 0.250 e. The smallest absolute Gasteiger partial charge is 0.250 e. The summed E-state index contributed by atoms with van der Waals surface area (Å²) >= 11 is 4.11. The van der Waals surface area contributed by atoms with Gasteiger partial charge in [0.05, 0.1) is 7.11 Å². The average molecular weight is 472 g/mol. The van der Waals surface area contributed by atoms with Crippen molar-refractivity contribution in [3.63, 3.8) is 0 Å². The van der Waals surface area contributed by atoms with Crippen LogP contribution in [-0.4, -0.2) is 31.6 Å². The predicted octanol–water partition coefficient (Wildman–Crippen LogP) is 6.72. The van der Waals surface area contributed by atoms with E-state index in [1.165, 1.54) is 5.57 Å². The van der Waals surface area contributed by atoms with Crippen LogP contribution in [0, 0.1) is 0 Å². The van der Waals surface area contributed by atoms with Crippen LogP contribution in [0.2, 0.25) is 0 Å². The molecule has 0 saturated heterocycles. The molecule has 0 unspecified atom stereocenters. The Morgan fingerprint density at radius 3 is 2.15 bits per heavy atom. The zero-order valence-electron chi connectivity index (χ0n) is 21.0. The molecule has 0 aliphatic rings. The van der Waals surface area contributed by atoms with Crippen LogP contribution in [0.5, 0.6) is 5.75 Å². The largest absolute Gasteiger partial charge is 0.497 e. The van der Waals surface area contributed by atoms with E-state index in [9.17, 15) is 4.79 Å². The molecule has 0 atom stereocenters. The van der Waals surface area contributed by atoms with Gasteiger partial charge in [-0.2, -0.15) is 0 Å². The quantitative estimate of drug-likeness (QED) is 0.227. The number of nitrogens with one attached hydrogen (secondary N) is 2. The number of hydrogen-bond donors (Lipinski definition) is 3. The number of benzene rings is 1. The molecule has 1 aromatic carbocycles. The number of aromatic nitrogens is 1. The predicted molar refractivity (Wildman–Crippen MR) is 146 cm³/mol. The van der Waals surface area contributed by atoms with Gasteiger partial charge in [-0.15, -0.1) is 19.2 Å². The SMILES string of the molecule is C=C(C)C(=O)Nc1ccncc1.C=CC/C(=C\C)CCNC.CC.COc1ccc(S)cc1. The molecule has 0 spiro atoms. The zero-order valence-corrected chi connectivity index (χ0v) is 21.9. The second-order valence-electron chi connectivity index (χ2n) is 6.46. The molecule has 0 fully saturated rings. The van der Waals surface area contributed by atoms with Gasteiger partial charge in [0.25, 0.3) is 5.91 Å². The van der Waals surface area contributed by atoms with Crippen LogP contribution in [0.3, 0.4) is 0 Å². The molecule has 1 aromatic heterocycles. The van der Waals surface area contributed by atoms with Gasteiger partial charge in [-0.25, -0.2) is 0 Å². The Morgan fingerprint density at radius 1 is 1.15 bits per heavy atom. The van der Waals surface area contributed by atoms with Crippen molar-refractivity contribution >= 4 is 24.2 Å². The molecule has 2 rings (SSSR count). The summed E-state index contributed by atoms with van der Waals surface area (Å²) in [6.07, 6.45) is 9.52. The van der Waals surface area contributed by atoms with Crippen LogP contribution >= 0.6 is 12.6 Å². The van der Waals surface area contributed by atoms with Crippen molar-refractivity contribution in [1.82, 2.24) is 10.3 Å². The maximum atomic E-state index is 11.1. The first-order valence-corrected chi connectivity index (χ1v) is 11.4. The van der Waals surface area contributed by atoms with Crippen LogP contribution in [0.25, 0.3) is 0 Å². The lowest BCUT2D eigenvalue weighted by atomic mass is 10.1. The van der Waals surface area contributed by atoms with E-state index in [2.05, 4.69) is 54.4 Å². The van der Waals surface area contributed by atoms with Gasteiger partial charge in [-0.1, -0.05) is 38.2 Å². The Kier molecular flexibility index (Phi) is 21.9. The molecule has 1 amide bonds. The third-order valence-corrected chi connectivity index (χ3v) is 4.21. The molecular formula is C27H41N3O2S. The first-order chi connectivity index (χ1) is 15.9. The highest BCUT2D eigenvalue weighted by atomic mass is 32.1. The summed E-state index contributed by atoms with van der Waals surface area (Å²) in [6.45, 7) is 16.0. The van der Waals surface area contributed by atoms with Crippen molar-refractivity contribution in [2.45, 2.75) is 45.4 Å². The molecular weight excluding hydrogens is 430 g/mol. The number of ether oxygens (including phenoxy) is 1. The average Bonchev–Trinajstić information content (AvgIpc) is 2.85. The number of carbonyl (C=O) groups excluding carboxylic acids is 1. The van der Waals surface area contributed by atoms with Crippen LogP contribution < -0.4 is 15.4 Å². The van der Waals surface area contributed by atoms with Crippen molar-refractivity contribution in [2.24, 2.45) is 0 Å². The number of anilines is 1. The number of thiol groups is 1. The molecule has 5 nitrogen and oxygen atoms in total. The van der Waals surface area contributed by atoms with Crippen LogP contribution in [0.1, 0.15) is 40.5 Å². The molecule has 0 saturated carbocycles. The van der Waals surface area contributed by atoms with E-state index in [0.717, 1.165) is 35.7 Å². The first kappa shape index (κ1) is 32.4. The molecule has 1 heterocycles. The Labute approximate surface area is 206 Å². The number of amides is 1. The van der Waals surface area contributed by atoms with Crippen LogP contribution in [-0.2, 0) is 4.79 Å². The van der Waals surface area contributed by atoms with Gasteiger partial charge in [0, 0.05) is 28.5 Å². The number of rotatable bonds is 8. The summed E-state index contributed by atoms with van der Waals surface area (Å²) in [5.74, 6) is 0.703. The molecule has 2 aromatic rings. The lowest BCUT2D eigenvalue weighted by Gasteiger charge is -2.02. The third-order valence-electron chi connectivity index (χ3n) is 3.91. The number of allylic oxidation sites excluding steroid dienone is 2. The van der Waals surface area contributed by atoms with E-state index in [1.807, 2.05) is 51.2 Å². The van der Waals surface area contributed by atoms with Gasteiger partial charge < -0.3 is 15.4 Å². The van der Waals surface area contributed by atoms with E-state index in [0.29, 0.717) is 5.57 Å². The van der Waals surface area contributed by atoms with Crippen molar-refractivity contribution in [3.05, 3.63) is 85.2 Å². The number of nitrogens with zero attached hydrogens (tertiary/aromatic N) is 1. The number of methoxy groups -OCH3 is 1. The summed E-state index contributed by atoms with van der Waals surface area (Å²) in [4.78, 5) is 15.9. The fourth-order valence-corrected chi connectivity index (χ4v) is 2.24. The Morgan fingerprint density at radius 2 is 1.73 bits per heavy atom. The van der Waals surface area contributed by atoms with Gasteiger partial charge in [-0.3, -0.25) is 9.78 Å². The number of hydrogen-bond acceptors (Lipinski definition) is 5. The van der Waals surface area contributed by atoms with E-state index in [1.54, 1.807) is 38.6 Å². The van der Waals surface area contributed by atoms with Gasteiger partial charge in [0.2, 0.25) is 0 Å². The molecule has 0 aliphatic carbocycles. The molecule has 0 radical (unpaired) electrons. The number of pyridine rings is 1. The number of carbonyl (C=O) groups is 1. The third kappa shape index (κ3) is 18.4. The summed E-state index contributed by atoms with van der Waals surface area (Å²) in [6, 6.07) is 11.0. The fraction of sp³-hybridized carbons (Fsp3) is 0.333.